The molecule has 0 bridgehead atoms. The third-order valence-electron chi connectivity index (χ3n) is 2.31. The minimum absolute atomic E-state index is 0.0558. The fourth-order valence-electron chi connectivity index (χ4n) is 1.51. The van der Waals surface area contributed by atoms with Gasteiger partial charge in [0.1, 0.15) is 5.75 Å². The first-order chi connectivity index (χ1) is 9.02. The van der Waals surface area contributed by atoms with Crippen molar-refractivity contribution in [3.63, 3.8) is 0 Å². The second-order valence-corrected chi connectivity index (χ2v) is 3.83. The van der Waals surface area contributed by atoms with Gasteiger partial charge in [-0.2, -0.15) is 0 Å². The topological polar surface area (TPSA) is 102 Å². The molecular weight excluding hydrogens is 252 g/mol. The van der Waals surface area contributed by atoms with Crippen LogP contribution in [0.1, 0.15) is 19.8 Å². The molecule has 0 unspecified atom stereocenters. The molecule has 0 atom stereocenters. The Hall–Kier alpha value is -2.31. The highest BCUT2D eigenvalue weighted by atomic mass is 16.6. The first-order valence-electron chi connectivity index (χ1n) is 5.91. The predicted octanol–water partition coefficient (Wildman–Crippen LogP) is 2.27. The lowest BCUT2D eigenvalue weighted by atomic mass is 10.2. The number of nitrogens with zero attached hydrogens (tertiary/aromatic N) is 1. The van der Waals surface area contributed by atoms with Crippen molar-refractivity contribution in [2.45, 2.75) is 19.8 Å². The summed E-state index contributed by atoms with van der Waals surface area (Å²) in [5, 5.41) is 22.2. The van der Waals surface area contributed by atoms with Crippen LogP contribution in [0.3, 0.4) is 0 Å². The number of ether oxygens (including phenoxy) is 1. The normalized spacial score (nSPS) is 9.95. The standard InChI is InChI=1S/C12H16N2O5/c1-2-19-11-7-9(6-10(8-11)14(17)18)13-5-3-4-12(15)16/h6-8,13H,2-5H2,1H3,(H,15,16). The summed E-state index contributed by atoms with van der Waals surface area (Å²) in [5.74, 6) is -0.451. The van der Waals surface area contributed by atoms with Crippen molar-refractivity contribution in [2.75, 3.05) is 18.5 Å². The first kappa shape index (κ1) is 14.7. The minimum atomic E-state index is -0.865. The van der Waals surface area contributed by atoms with Crippen LogP contribution in [0.25, 0.3) is 0 Å². The Morgan fingerprint density at radius 2 is 2.21 bits per heavy atom. The van der Waals surface area contributed by atoms with E-state index in [1.54, 1.807) is 13.0 Å². The third kappa shape index (κ3) is 5.24. The second-order valence-electron chi connectivity index (χ2n) is 3.83. The number of rotatable bonds is 8. The Labute approximate surface area is 110 Å². The summed E-state index contributed by atoms with van der Waals surface area (Å²) in [6, 6.07) is 4.40. The van der Waals surface area contributed by atoms with E-state index in [-0.39, 0.29) is 12.1 Å². The summed E-state index contributed by atoms with van der Waals surface area (Å²) in [6.45, 7) is 2.64. The van der Waals surface area contributed by atoms with Crippen LogP contribution >= 0.6 is 0 Å². The fourth-order valence-corrected chi connectivity index (χ4v) is 1.51. The Kier molecular flexibility index (Phi) is 5.59. The summed E-state index contributed by atoms with van der Waals surface area (Å²) >= 11 is 0. The number of hydrogen-bond donors (Lipinski definition) is 2. The zero-order valence-corrected chi connectivity index (χ0v) is 10.6. The molecule has 1 aromatic rings. The first-order valence-corrected chi connectivity index (χ1v) is 5.91. The third-order valence-corrected chi connectivity index (χ3v) is 2.31. The highest BCUT2D eigenvalue weighted by molar-refractivity contribution is 5.66. The lowest BCUT2D eigenvalue weighted by Crippen LogP contribution is -2.05. The van der Waals surface area contributed by atoms with Crippen LogP contribution in [0, 0.1) is 10.1 Å². The van der Waals surface area contributed by atoms with Gasteiger partial charge in [-0.15, -0.1) is 0 Å². The van der Waals surface area contributed by atoms with Crippen LogP contribution in [0.2, 0.25) is 0 Å². The van der Waals surface area contributed by atoms with E-state index in [9.17, 15) is 14.9 Å². The molecule has 0 aliphatic carbocycles. The summed E-state index contributed by atoms with van der Waals surface area (Å²) in [5.41, 5.74) is 0.481. The van der Waals surface area contributed by atoms with Gasteiger partial charge in [0.2, 0.25) is 0 Å². The summed E-state index contributed by atoms with van der Waals surface area (Å²) in [7, 11) is 0. The number of carbonyl (C=O) groups is 1. The van der Waals surface area contributed by atoms with Crippen molar-refractivity contribution in [2.24, 2.45) is 0 Å². The molecule has 1 aromatic carbocycles. The Morgan fingerprint density at radius 3 is 2.79 bits per heavy atom. The number of anilines is 1. The molecule has 0 fully saturated rings. The number of carboxylic acids is 1. The predicted molar refractivity (Wildman–Crippen MR) is 69.6 cm³/mol. The van der Waals surface area contributed by atoms with E-state index in [0.29, 0.717) is 31.0 Å². The average Bonchev–Trinajstić information content (AvgIpc) is 2.34. The zero-order valence-electron chi connectivity index (χ0n) is 10.6. The molecule has 0 saturated carbocycles. The monoisotopic (exact) mass is 268 g/mol. The molecule has 0 aromatic heterocycles. The molecule has 7 nitrogen and oxygen atoms in total. The van der Waals surface area contributed by atoms with E-state index in [2.05, 4.69) is 5.32 Å². The van der Waals surface area contributed by atoms with E-state index in [4.69, 9.17) is 9.84 Å². The average molecular weight is 268 g/mol. The zero-order chi connectivity index (χ0) is 14.3. The highest BCUT2D eigenvalue weighted by Crippen LogP contribution is 2.26. The lowest BCUT2D eigenvalue weighted by molar-refractivity contribution is -0.384. The quantitative estimate of drug-likeness (QED) is 0.426. The molecule has 0 aliphatic rings. The Bertz CT molecular complexity index is 461. The molecule has 19 heavy (non-hydrogen) atoms. The van der Waals surface area contributed by atoms with Gasteiger partial charge in [0.05, 0.1) is 17.6 Å². The second kappa shape index (κ2) is 7.20. The van der Waals surface area contributed by atoms with Crippen LogP contribution < -0.4 is 10.1 Å². The summed E-state index contributed by atoms with van der Waals surface area (Å²) in [6.07, 6.45) is 0.502. The van der Waals surface area contributed by atoms with Crippen molar-refractivity contribution in [1.29, 1.82) is 0 Å². The molecule has 0 saturated heterocycles. The number of nitrogens with one attached hydrogen (secondary N) is 1. The molecule has 2 N–H and O–H groups in total. The maximum Gasteiger partial charge on any atom is 0.303 e. The number of hydrogen-bond acceptors (Lipinski definition) is 5. The summed E-state index contributed by atoms with van der Waals surface area (Å²) < 4.78 is 5.24. The van der Waals surface area contributed by atoms with Crippen LogP contribution in [-0.2, 0) is 4.79 Å². The van der Waals surface area contributed by atoms with E-state index in [1.807, 2.05) is 0 Å². The molecule has 0 radical (unpaired) electrons. The van der Waals surface area contributed by atoms with Gasteiger partial charge in [-0.1, -0.05) is 0 Å². The van der Waals surface area contributed by atoms with Crippen LogP contribution in [0.15, 0.2) is 18.2 Å². The number of non-ortho nitro benzene ring substituents is 1. The molecular formula is C12H16N2O5. The van der Waals surface area contributed by atoms with Gasteiger partial charge in [0.15, 0.2) is 0 Å². The Morgan fingerprint density at radius 1 is 1.47 bits per heavy atom. The van der Waals surface area contributed by atoms with Crippen molar-refractivity contribution >= 4 is 17.3 Å². The van der Waals surface area contributed by atoms with Crippen molar-refractivity contribution in [3.8, 4) is 5.75 Å². The van der Waals surface area contributed by atoms with Gasteiger partial charge in [0.25, 0.3) is 5.69 Å². The minimum Gasteiger partial charge on any atom is -0.494 e. The van der Waals surface area contributed by atoms with Gasteiger partial charge in [-0.25, -0.2) is 0 Å². The SMILES string of the molecule is CCOc1cc(NCCCC(=O)O)cc([N+](=O)[O-])c1. The van der Waals surface area contributed by atoms with E-state index >= 15 is 0 Å². The number of nitro groups is 1. The molecule has 104 valence electrons. The van der Waals surface area contributed by atoms with Gasteiger partial charge >= 0.3 is 5.97 Å². The van der Waals surface area contributed by atoms with E-state index in [0.717, 1.165) is 0 Å². The fraction of sp³-hybridized carbons (Fsp3) is 0.417. The Balaban J connectivity index is 2.70. The van der Waals surface area contributed by atoms with Crippen molar-refractivity contribution < 1.29 is 19.6 Å². The van der Waals surface area contributed by atoms with Crippen LogP contribution in [-0.4, -0.2) is 29.2 Å². The van der Waals surface area contributed by atoms with Crippen LogP contribution in [0.4, 0.5) is 11.4 Å². The maximum atomic E-state index is 10.8. The smallest absolute Gasteiger partial charge is 0.303 e. The number of benzene rings is 1. The van der Waals surface area contributed by atoms with Crippen molar-refractivity contribution in [3.05, 3.63) is 28.3 Å². The van der Waals surface area contributed by atoms with E-state index < -0.39 is 10.9 Å². The van der Waals surface area contributed by atoms with Crippen LogP contribution in [0.5, 0.6) is 5.75 Å². The van der Waals surface area contributed by atoms with Gasteiger partial charge in [0, 0.05) is 30.8 Å². The molecule has 7 heteroatoms. The molecule has 0 heterocycles. The van der Waals surface area contributed by atoms with Gasteiger partial charge < -0.3 is 15.2 Å². The molecule has 0 aliphatic heterocycles. The van der Waals surface area contributed by atoms with Gasteiger partial charge in [-0.3, -0.25) is 14.9 Å². The maximum absolute atomic E-state index is 10.8. The summed E-state index contributed by atoms with van der Waals surface area (Å²) in [4.78, 5) is 20.6. The van der Waals surface area contributed by atoms with Crippen molar-refractivity contribution in [1.82, 2.24) is 0 Å². The molecule has 1 rings (SSSR count). The molecule has 0 amide bonds. The number of carboxylic acid groups (broad SMARTS) is 1. The van der Waals surface area contributed by atoms with Gasteiger partial charge in [-0.05, 0) is 13.3 Å². The molecule has 0 spiro atoms. The van der Waals surface area contributed by atoms with E-state index in [1.165, 1.54) is 12.1 Å². The largest absolute Gasteiger partial charge is 0.494 e. The lowest BCUT2D eigenvalue weighted by Gasteiger charge is -2.08. The number of nitro benzene ring substituents is 1. The highest BCUT2D eigenvalue weighted by Gasteiger charge is 2.10. The number of aliphatic carboxylic acids is 1.